The Morgan fingerprint density at radius 3 is 0.984 bits per heavy atom. The molecule has 0 saturated heterocycles. The van der Waals surface area contributed by atoms with Gasteiger partial charge in [0, 0.05) is 0 Å². The van der Waals surface area contributed by atoms with Crippen LogP contribution in [0.3, 0.4) is 0 Å². The standard InChI is InChI=1S/C56H109NO4/c1-3-5-7-9-11-13-14-15-16-17-18-19-20-21-22-23-24-25-26-27-28-29-30-31-32-33-34-35-36-37-38-39-40-41-43-45-47-49-51-55(60)56(61)57-53(52-58)54(59)50-48-46-44-42-12-10-8-6-4-2/h24-25,27-28,53-55,58-60H,3-23,26,29-52H2,1-2H3,(H,57,61)/b25-24-,28-27-. The second kappa shape index (κ2) is 51.5. The molecule has 0 rings (SSSR count). The maximum Gasteiger partial charge on any atom is 0.249 e. The van der Waals surface area contributed by atoms with Crippen molar-refractivity contribution in [2.75, 3.05) is 6.61 Å². The Morgan fingerprint density at radius 1 is 0.393 bits per heavy atom. The van der Waals surface area contributed by atoms with E-state index in [0.29, 0.717) is 12.8 Å². The second-order valence-electron chi connectivity index (χ2n) is 19.1. The third kappa shape index (κ3) is 46.6. The molecule has 362 valence electrons. The highest BCUT2D eigenvalue weighted by molar-refractivity contribution is 5.80. The second-order valence-corrected chi connectivity index (χ2v) is 19.1. The zero-order valence-electron chi connectivity index (χ0n) is 41.3. The molecular formula is C56H109NO4. The summed E-state index contributed by atoms with van der Waals surface area (Å²) in [5, 5.41) is 33.2. The molecule has 5 nitrogen and oxygen atoms in total. The lowest BCUT2D eigenvalue weighted by Gasteiger charge is -2.23. The molecule has 0 saturated carbocycles. The largest absolute Gasteiger partial charge is 0.394 e. The molecule has 0 aliphatic heterocycles. The molecule has 0 spiro atoms. The zero-order valence-corrected chi connectivity index (χ0v) is 41.3. The van der Waals surface area contributed by atoms with Gasteiger partial charge in [0.25, 0.3) is 0 Å². The number of hydrogen-bond donors (Lipinski definition) is 4. The highest BCUT2D eigenvalue weighted by Crippen LogP contribution is 2.17. The molecule has 3 atom stereocenters. The normalized spacial score (nSPS) is 13.5. The molecule has 0 aromatic heterocycles. The molecule has 0 aromatic carbocycles. The first-order valence-electron chi connectivity index (χ1n) is 27.6. The van der Waals surface area contributed by atoms with Crippen molar-refractivity contribution >= 4 is 5.91 Å². The van der Waals surface area contributed by atoms with E-state index < -0.39 is 24.2 Å². The van der Waals surface area contributed by atoms with Crippen LogP contribution >= 0.6 is 0 Å². The Labute approximate surface area is 382 Å². The Morgan fingerprint density at radius 2 is 0.672 bits per heavy atom. The highest BCUT2D eigenvalue weighted by atomic mass is 16.3. The van der Waals surface area contributed by atoms with Crippen LogP contribution in [0, 0.1) is 0 Å². The number of unbranched alkanes of at least 4 members (excludes halogenated alkanes) is 39. The van der Waals surface area contributed by atoms with E-state index in [1.807, 2.05) is 0 Å². The van der Waals surface area contributed by atoms with Crippen molar-refractivity contribution in [3.63, 3.8) is 0 Å². The molecule has 4 N–H and O–H groups in total. The van der Waals surface area contributed by atoms with Gasteiger partial charge in [0.05, 0.1) is 18.8 Å². The summed E-state index contributed by atoms with van der Waals surface area (Å²) in [6.07, 6.45) is 65.4. The van der Waals surface area contributed by atoms with Gasteiger partial charge in [-0.1, -0.05) is 282 Å². The molecule has 1 amide bonds. The number of carbonyl (C=O) groups is 1. The fraction of sp³-hybridized carbons (Fsp3) is 0.911. The van der Waals surface area contributed by atoms with Crippen LogP contribution in [0.4, 0.5) is 0 Å². The van der Waals surface area contributed by atoms with E-state index in [1.165, 1.54) is 238 Å². The predicted octanol–water partition coefficient (Wildman–Crippen LogP) is 16.9. The third-order valence-corrected chi connectivity index (χ3v) is 13.1. The van der Waals surface area contributed by atoms with Gasteiger partial charge in [0.2, 0.25) is 5.91 Å². The Bertz CT molecular complexity index is 905. The smallest absolute Gasteiger partial charge is 0.249 e. The SMILES string of the molecule is CCCCCCCCCCCCCCCCC/C=C\C/C=C\CCCCCCCCCCCCCCCCCCC(O)C(=O)NC(CO)C(O)CCCCCCCCCCC. The summed E-state index contributed by atoms with van der Waals surface area (Å²) < 4.78 is 0. The molecule has 3 unspecified atom stereocenters. The fourth-order valence-corrected chi connectivity index (χ4v) is 8.75. The Kier molecular flexibility index (Phi) is 50.5. The summed E-state index contributed by atoms with van der Waals surface area (Å²) in [5.74, 6) is -0.470. The van der Waals surface area contributed by atoms with Crippen LogP contribution in [-0.4, -0.2) is 46.1 Å². The molecule has 0 aliphatic rings. The number of aliphatic hydroxyl groups excluding tert-OH is 3. The summed E-state index contributed by atoms with van der Waals surface area (Å²) in [7, 11) is 0. The number of aliphatic hydroxyl groups is 3. The van der Waals surface area contributed by atoms with E-state index >= 15 is 0 Å². The van der Waals surface area contributed by atoms with E-state index in [2.05, 4.69) is 43.5 Å². The monoisotopic (exact) mass is 860 g/mol. The molecule has 0 radical (unpaired) electrons. The zero-order chi connectivity index (χ0) is 44.4. The van der Waals surface area contributed by atoms with Gasteiger partial charge in [-0.15, -0.1) is 0 Å². The van der Waals surface area contributed by atoms with Crippen molar-refractivity contribution < 1.29 is 20.1 Å². The first-order valence-corrected chi connectivity index (χ1v) is 27.6. The van der Waals surface area contributed by atoms with Gasteiger partial charge in [-0.2, -0.15) is 0 Å². The van der Waals surface area contributed by atoms with Crippen molar-refractivity contribution in [2.45, 2.75) is 321 Å². The van der Waals surface area contributed by atoms with E-state index in [4.69, 9.17) is 0 Å². The minimum atomic E-state index is -1.07. The lowest BCUT2D eigenvalue weighted by atomic mass is 10.0. The molecule has 0 aliphatic carbocycles. The number of rotatable bonds is 51. The topological polar surface area (TPSA) is 89.8 Å². The van der Waals surface area contributed by atoms with Gasteiger partial charge in [0.1, 0.15) is 6.10 Å². The van der Waals surface area contributed by atoms with Crippen LogP contribution in [0.1, 0.15) is 303 Å². The summed E-state index contributed by atoms with van der Waals surface area (Å²) in [4.78, 5) is 12.5. The number of hydrogen-bond acceptors (Lipinski definition) is 4. The van der Waals surface area contributed by atoms with Crippen molar-refractivity contribution in [3.8, 4) is 0 Å². The quantitative estimate of drug-likeness (QED) is 0.0362. The van der Waals surface area contributed by atoms with Gasteiger partial charge in [-0.25, -0.2) is 0 Å². The van der Waals surface area contributed by atoms with Crippen LogP contribution in [0.2, 0.25) is 0 Å². The van der Waals surface area contributed by atoms with Crippen LogP contribution < -0.4 is 5.32 Å². The van der Waals surface area contributed by atoms with E-state index in [9.17, 15) is 20.1 Å². The van der Waals surface area contributed by atoms with Gasteiger partial charge in [-0.05, 0) is 44.9 Å². The minimum absolute atomic E-state index is 0.312. The van der Waals surface area contributed by atoms with Crippen LogP contribution in [0.15, 0.2) is 24.3 Å². The van der Waals surface area contributed by atoms with Crippen molar-refractivity contribution in [1.82, 2.24) is 5.32 Å². The first kappa shape index (κ1) is 59.8. The van der Waals surface area contributed by atoms with Crippen LogP contribution in [-0.2, 0) is 4.79 Å². The van der Waals surface area contributed by atoms with E-state index in [0.717, 1.165) is 38.5 Å². The highest BCUT2D eigenvalue weighted by Gasteiger charge is 2.23. The van der Waals surface area contributed by atoms with Crippen LogP contribution in [0.5, 0.6) is 0 Å². The van der Waals surface area contributed by atoms with Gasteiger partial charge >= 0.3 is 0 Å². The Balaban J connectivity index is 3.42. The van der Waals surface area contributed by atoms with E-state index in [-0.39, 0.29) is 6.61 Å². The average molecular weight is 860 g/mol. The minimum Gasteiger partial charge on any atom is -0.394 e. The number of nitrogens with one attached hydrogen (secondary N) is 1. The lowest BCUT2D eigenvalue weighted by Crippen LogP contribution is -2.49. The molecule has 5 heteroatoms. The van der Waals surface area contributed by atoms with Gasteiger partial charge < -0.3 is 20.6 Å². The van der Waals surface area contributed by atoms with Gasteiger partial charge in [-0.3, -0.25) is 4.79 Å². The van der Waals surface area contributed by atoms with E-state index in [1.54, 1.807) is 0 Å². The van der Waals surface area contributed by atoms with Crippen molar-refractivity contribution in [3.05, 3.63) is 24.3 Å². The number of amides is 1. The summed E-state index contributed by atoms with van der Waals surface area (Å²) in [6.45, 7) is 4.22. The van der Waals surface area contributed by atoms with Crippen molar-refractivity contribution in [2.24, 2.45) is 0 Å². The van der Waals surface area contributed by atoms with Gasteiger partial charge in [0.15, 0.2) is 0 Å². The number of carbonyl (C=O) groups excluding carboxylic acids is 1. The molecular weight excluding hydrogens is 751 g/mol. The van der Waals surface area contributed by atoms with Crippen LogP contribution in [0.25, 0.3) is 0 Å². The van der Waals surface area contributed by atoms with Crippen molar-refractivity contribution in [1.29, 1.82) is 0 Å². The fourth-order valence-electron chi connectivity index (χ4n) is 8.75. The molecule has 61 heavy (non-hydrogen) atoms. The predicted molar refractivity (Wildman–Crippen MR) is 268 cm³/mol. The number of allylic oxidation sites excluding steroid dienone is 4. The third-order valence-electron chi connectivity index (χ3n) is 13.1. The maximum absolute atomic E-state index is 12.5. The summed E-state index contributed by atoms with van der Waals surface area (Å²) >= 11 is 0. The average Bonchev–Trinajstić information content (AvgIpc) is 3.26. The molecule has 0 heterocycles. The lowest BCUT2D eigenvalue weighted by molar-refractivity contribution is -0.131. The Hall–Kier alpha value is -1.17. The molecule has 0 bridgehead atoms. The molecule has 0 fully saturated rings. The summed E-state index contributed by atoms with van der Waals surface area (Å²) in [6, 6.07) is -0.708. The maximum atomic E-state index is 12.5. The first-order chi connectivity index (χ1) is 30.1. The molecule has 0 aromatic rings. The summed E-state index contributed by atoms with van der Waals surface area (Å²) in [5.41, 5.74) is 0.